The van der Waals surface area contributed by atoms with Crippen LogP contribution in [-0.4, -0.2) is 26.2 Å². The topological polar surface area (TPSA) is 77.2 Å². The summed E-state index contributed by atoms with van der Waals surface area (Å²) in [4.78, 5) is 4.89. The van der Waals surface area contributed by atoms with Crippen molar-refractivity contribution in [3.8, 4) is 11.4 Å². The molecule has 2 aromatic heterocycles. The Morgan fingerprint density at radius 3 is 2.57 bits per heavy atom. The van der Waals surface area contributed by atoms with Gasteiger partial charge in [-0.1, -0.05) is 41.6 Å². The molecule has 8 heteroatoms. The molecule has 3 aromatic carbocycles. The van der Waals surface area contributed by atoms with E-state index in [1.165, 1.54) is 24.1 Å². The van der Waals surface area contributed by atoms with E-state index < -0.39 is 0 Å². The summed E-state index contributed by atoms with van der Waals surface area (Å²) in [5, 5.41) is 14.1. The Hall–Kier alpha value is -4.23. The van der Waals surface area contributed by atoms with Crippen LogP contribution in [0.15, 0.2) is 90.2 Å². The molecule has 0 amide bonds. The second kappa shape index (κ2) is 11.2. The molecule has 0 fully saturated rings. The summed E-state index contributed by atoms with van der Waals surface area (Å²) in [5.74, 6) is 0.767. The number of halogens is 1. The normalized spacial score (nSPS) is 12.8. The molecule has 6 rings (SSSR count). The average Bonchev–Trinajstić information content (AvgIpc) is 3.42. The zero-order valence-corrected chi connectivity index (χ0v) is 21.1. The minimum Gasteiger partial charge on any atom is -0.487 e. The Kier molecular flexibility index (Phi) is 7.42. The number of nitrogens with one attached hydrogen (secondary N) is 1. The first-order valence-corrected chi connectivity index (χ1v) is 12.2. The van der Waals surface area contributed by atoms with E-state index in [9.17, 15) is 0 Å². The number of hydrogen-bond acceptors (Lipinski definition) is 6. The summed E-state index contributed by atoms with van der Waals surface area (Å²) in [6, 6.07) is 26.0. The van der Waals surface area contributed by atoms with Crippen molar-refractivity contribution in [3.63, 3.8) is 0 Å². The Bertz CT molecular complexity index is 1520. The molecule has 0 unspecified atom stereocenters. The van der Waals surface area contributed by atoms with Crippen LogP contribution in [0, 0.1) is 0 Å². The molecule has 0 saturated heterocycles. The second-order valence-corrected chi connectivity index (χ2v) is 8.85. The Morgan fingerprint density at radius 1 is 0.919 bits per heavy atom. The molecule has 0 atom stereocenters. The number of nitrogens with zero attached hydrogens (tertiary/aromatic N) is 5. The molecule has 1 aliphatic rings. The molecule has 0 bridgehead atoms. The fraction of sp³-hybridized carbons (Fsp3) is 0.172. The lowest BCUT2D eigenvalue weighted by Crippen LogP contribution is -2.09. The maximum absolute atomic E-state index is 5.90. The van der Waals surface area contributed by atoms with Crippen LogP contribution >= 0.6 is 12.4 Å². The average molecular weight is 511 g/mol. The highest BCUT2D eigenvalue weighted by Gasteiger charge is 2.17. The van der Waals surface area contributed by atoms with Crippen molar-refractivity contribution in [1.82, 2.24) is 20.0 Å². The molecular formula is C29H27ClN6O. The lowest BCUT2D eigenvalue weighted by molar-refractivity contribution is 0.301. The largest absolute Gasteiger partial charge is 0.487 e. The molecule has 1 aliphatic carbocycles. The molecule has 0 saturated carbocycles. The summed E-state index contributed by atoms with van der Waals surface area (Å²) in [5.41, 5.74) is 10.6. The molecule has 0 aliphatic heterocycles. The van der Waals surface area contributed by atoms with Crippen LogP contribution < -0.4 is 10.2 Å². The summed E-state index contributed by atoms with van der Waals surface area (Å²) in [7, 11) is 0. The molecular weight excluding hydrogens is 484 g/mol. The van der Waals surface area contributed by atoms with E-state index in [0.29, 0.717) is 6.61 Å². The quantitative estimate of drug-likeness (QED) is 0.210. The molecule has 5 aromatic rings. The van der Waals surface area contributed by atoms with Gasteiger partial charge >= 0.3 is 0 Å². The van der Waals surface area contributed by atoms with Crippen molar-refractivity contribution < 1.29 is 4.74 Å². The smallest absolute Gasteiger partial charge is 0.134 e. The van der Waals surface area contributed by atoms with E-state index in [1.807, 2.05) is 73.1 Å². The molecule has 7 nitrogen and oxygen atoms in total. The summed E-state index contributed by atoms with van der Waals surface area (Å²) >= 11 is 0. The number of benzene rings is 3. The lowest BCUT2D eigenvalue weighted by Gasteiger charge is -2.20. The number of fused-ring (bicyclic) bond motifs is 2. The van der Waals surface area contributed by atoms with Crippen molar-refractivity contribution in [3.05, 3.63) is 108 Å². The van der Waals surface area contributed by atoms with E-state index >= 15 is 0 Å². The van der Waals surface area contributed by atoms with Gasteiger partial charge in [0.2, 0.25) is 0 Å². The summed E-state index contributed by atoms with van der Waals surface area (Å²) in [6.45, 7) is 0.349. The number of aryl methyl sites for hydroxylation is 1. The third-order valence-electron chi connectivity index (χ3n) is 6.39. The zero-order chi connectivity index (χ0) is 24.2. The number of hydrazone groups is 1. The SMILES string of the molecule is C(=N\Nc1c2c(nc3ccccc13)CCCC2)/c1ccc(OCc2cn(-c3ccccc3)nn2)cc1.Cl. The van der Waals surface area contributed by atoms with Gasteiger partial charge in [0.25, 0.3) is 0 Å². The molecule has 37 heavy (non-hydrogen) atoms. The number of para-hydroxylation sites is 2. The standard InChI is InChI=1S/C29H26N6O.ClH/c1-2-8-23(9-3-1)35-19-22(32-34-35)20-36-24-16-14-21(15-17-24)18-30-33-29-25-10-4-6-12-27(25)31-28-13-7-5-11-26(28)29;/h1-4,6,8-10,12,14-19H,5,7,11,13,20H2,(H,31,33);1H/b30-18+;. The van der Waals surface area contributed by atoms with Gasteiger partial charge in [0.1, 0.15) is 18.1 Å². The van der Waals surface area contributed by atoms with Crippen LogP contribution in [0.1, 0.15) is 35.4 Å². The third kappa shape index (κ3) is 5.47. The monoisotopic (exact) mass is 510 g/mol. The summed E-state index contributed by atoms with van der Waals surface area (Å²) < 4.78 is 7.64. The first kappa shape index (κ1) is 24.5. The van der Waals surface area contributed by atoms with Gasteiger partial charge in [-0.15, -0.1) is 17.5 Å². The van der Waals surface area contributed by atoms with Crippen molar-refractivity contribution in [2.24, 2.45) is 5.10 Å². The number of anilines is 1. The minimum absolute atomic E-state index is 0. The van der Waals surface area contributed by atoms with Crippen molar-refractivity contribution in [2.45, 2.75) is 32.3 Å². The van der Waals surface area contributed by atoms with E-state index in [4.69, 9.17) is 9.72 Å². The van der Waals surface area contributed by atoms with Crippen LogP contribution in [0.2, 0.25) is 0 Å². The molecule has 0 radical (unpaired) electrons. The van der Waals surface area contributed by atoms with E-state index in [0.717, 1.165) is 52.1 Å². The predicted molar refractivity (Wildman–Crippen MR) is 149 cm³/mol. The molecule has 0 spiro atoms. The fourth-order valence-corrected chi connectivity index (χ4v) is 4.55. The van der Waals surface area contributed by atoms with Crippen molar-refractivity contribution >= 4 is 35.2 Å². The fourth-order valence-electron chi connectivity index (χ4n) is 4.55. The van der Waals surface area contributed by atoms with Gasteiger partial charge in [0.15, 0.2) is 0 Å². The Balaban J connectivity index is 0.00000280. The van der Waals surface area contributed by atoms with E-state index in [2.05, 4.69) is 39.0 Å². The van der Waals surface area contributed by atoms with Gasteiger partial charge < -0.3 is 4.74 Å². The van der Waals surface area contributed by atoms with Crippen LogP contribution in [0.4, 0.5) is 5.69 Å². The van der Waals surface area contributed by atoms with Crippen LogP contribution in [0.25, 0.3) is 16.6 Å². The number of rotatable bonds is 7. The maximum Gasteiger partial charge on any atom is 0.134 e. The van der Waals surface area contributed by atoms with Gasteiger partial charge in [-0.05, 0) is 79.3 Å². The Labute approximate surface area is 221 Å². The second-order valence-electron chi connectivity index (χ2n) is 8.85. The van der Waals surface area contributed by atoms with Crippen molar-refractivity contribution in [2.75, 3.05) is 5.43 Å². The van der Waals surface area contributed by atoms with Crippen LogP contribution in [-0.2, 0) is 19.4 Å². The number of pyridine rings is 1. The molecule has 2 heterocycles. The van der Waals surface area contributed by atoms with Crippen molar-refractivity contribution in [1.29, 1.82) is 0 Å². The minimum atomic E-state index is 0. The Morgan fingerprint density at radius 2 is 1.70 bits per heavy atom. The van der Waals surface area contributed by atoms with Gasteiger partial charge in [-0.2, -0.15) is 5.10 Å². The zero-order valence-electron chi connectivity index (χ0n) is 20.2. The first-order chi connectivity index (χ1) is 17.8. The lowest BCUT2D eigenvalue weighted by atomic mass is 9.93. The predicted octanol–water partition coefficient (Wildman–Crippen LogP) is 6.14. The third-order valence-corrected chi connectivity index (χ3v) is 6.39. The first-order valence-electron chi connectivity index (χ1n) is 12.2. The molecule has 1 N–H and O–H groups in total. The number of aromatic nitrogens is 4. The highest BCUT2D eigenvalue weighted by atomic mass is 35.5. The van der Waals surface area contributed by atoms with Gasteiger partial charge in [0.05, 0.1) is 29.3 Å². The van der Waals surface area contributed by atoms with Gasteiger partial charge in [0, 0.05) is 11.1 Å². The number of hydrogen-bond donors (Lipinski definition) is 1. The van der Waals surface area contributed by atoms with E-state index in [1.54, 1.807) is 4.68 Å². The van der Waals surface area contributed by atoms with E-state index in [-0.39, 0.29) is 12.4 Å². The highest BCUT2D eigenvalue weighted by Crippen LogP contribution is 2.33. The van der Waals surface area contributed by atoms with Gasteiger partial charge in [-0.3, -0.25) is 10.4 Å². The van der Waals surface area contributed by atoms with Gasteiger partial charge in [-0.25, -0.2) is 4.68 Å². The highest BCUT2D eigenvalue weighted by molar-refractivity contribution is 5.94. The maximum atomic E-state index is 5.90. The number of ether oxygens (including phenoxy) is 1. The van der Waals surface area contributed by atoms with Crippen LogP contribution in [0.5, 0.6) is 5.75 Å². The molecule has 186 valence electrons. The van der Waals surface area contributed by atoms with Crippen LogP contribution in [0.3, 0.4) is 0 Å². The summed E-state index contributed by atoms with van der Waals surface area (Å²) in [6.07, 6.45) is 8.16.